The average Bonchev–Trinajstić information content (AvgIpc) is 2.69. The molecule has 0 aliphatic rings. The number of likely N-dealkylation sites (N-methyl/N-ethyl adjacent to an activating group) is 1. The predicted octanol–water partition coefficient (Wildman–Crippen LogP) is 1.15. The van der Waals surface area contributed by atoms with Gasteiger partial charge in [0, 0.05) is 19.6 Å². The summed E-state index contributed by atoms with van der Waals surface area (Å²) >= 11 is 0. The monoisotopic (exact) mass is 450 g/mol. The van der Waals surface area contributed by atoms with Gasteiger partial charge in [-0.15, -0.1) is 0 Å². The minimum Gasteiger partial charge on any atom is -0.465 e. The van der Waals surface area contributed by atoms with Crippen molar-refractivity contribution in [1.82, 2.24) is 9.80 Å². The first-order chi connectivity index (χ1) is 14.7. The van der Waals surface area contributed by atoms with Crippen molar-refractivity contribution in [2.45, 2.75) is 40.2 Å². The van der Waals surface area contributed by atoms with Crippen molar-refractivity contribution in [2.24, 2.45) is 0 Å². The lowest BCUT2D eigenvalue weighted by Gasteiger charge is -2.27. The number of amides is 1. The van der Waals surface area contributed by atoms with Gasteiger partial charge in [-0.2, -0.15) is 0 Å². The Balaban J connectivity index is 4.05. The van der Waals surface area contributed by atoms with Crippen LogP contribution in [0.3, 0.4) is 0 Å². The minimum absolute atomic E-state index is 0.0611. The summed E-state index contributed by atoms with van der Waals surface area (Å²) in [7, 11) is 0. The number of aliphatic hydroxyl groups is 1. The molecule has 10 nitrogen and oxygen atoms in total. The second-order valence-corrected chi connectivity index (χ2v) is 7.70. The molecule has 0 aliphatic heterocycles. The maximum absolute atomic E-state index is 12.3. The van der Waals surface area contributed by atoms with Crippen molar-refractivity contribution < 1.29 is 38.4 Å². The van der Waals surface area contributed by atoms with Crippen LogP contribution in [0.4, 0.5) is 4.79 Å². The molecule has 0 aromatic heterocycles. The lowest BCUT2D eigenvalue weighted by Crippen LogP contribution is -2.40. The van der Waals surface area contributed by atoms with E-state index in [2.05, 4.69) is 0 Å². The van der Waals surface area contributed by atoms with E-state index in [0.717, 1.165) is 6.54 Å². The summed E-state index contributed by atoms with van der Waals surface area (Å²) in [5.41, 5.74) is -0.588. The third-order valence-electron chi connectivity index (χ3n) is 3.93. The Kier molecular flexibility index (Phi) is 17.3. The third kappa shape index (κ3) is 17.9. The maximum Gasteiger partial charge on any atom is 0.410 e. The summed E-state index contributed by atoms with van der Waals surface area (Å²) < 4.78 is 26.7. The smallest absolute Gasteiger partial charge is 0.410 e. The van der Waals surface area contributed by atoms with Crippen molar-refractivity contribution >= 4 is 12.1 Å². The highest BCUT2D eigenvalue weighted by atomic mass is 16.6. The molecule has 0 bridgehead atoms. The fourth-order valence-corrected chi connectivity index (χ4v) is 2.39. The van der Waals surface area contributed by atoms with E-state index < -0.39 is 11.7 Å². The number of carbonyl (C=O) groups excluding carboxylic acids is 2. The van der Waals surface area contributed by atoms with Crippen molar-refractivity contribution in [3.05, 3.63) is 0 Å². The van der Waals surface area contributed by atoms with E-state index in [-0.39, 0.29) is 25.7 Å². The van der Waals surface area contributed by atoms with Crippen LogP contribution in [-0.2, 0) is 28.5 Å². The zero-order valence-electron chi connectivity index (χ0n) is 19.9. The van der Waals surface area contributed by atoms with Gasteiger partial charge in [0.2, 0.25) is 0 Å². The molecule has 0 radical (unpaired) electrons. The van der Waals surface area contributed by atoms with E-state index in [1.54, 1.807) is 6.92 Å². The molecule has 0 aromatic carbocycles. The van der Waals surface area contributed by atoms with Gasteiger partial charge in [0.1, 0.15) is 5.60 Å². The molecule has 10 heteroatoms. The normalized spacial score (nSPS) is 11.6. The predicted molar refractivity (Wildman–Crippen MR) is 116 cm³/mol. The summed E-state index contributed by atoms with van der Waals surface area (Å²) in [4.78, 5) is 27.3. The van der Waals surface area contributed by atoms with Crippen LogP contribution in [0.2, 0.25) is 0 Å². The Morgan fingerprint density at radius 1 is 0.839 bits per heavy atom. The van der Waals surface area contributed by atoms with Crippen LogP contribution in [-0.4, -0.2) is 118 Å². The molecular weight excluding hydrogens is 408 g/mol. The summed E-state index contributed by atoms with van der Waals surface area (Å²) in [6, 6.07) is 0. The quantitative estimate of drug-likeness (QED) is 0.243. The molecule has 0 saturated carbocycles. The van der Waals surface area contributed by atoms with Crippen molar-refractivity contribution in [3.63, 3.8) is 0 Å². The molecule has 1 N–H and O–H groups in total. The number of rotatable bonds is 18. The first-order valence-corrected chi connectivity index (χ1v) is 10.9. The number of aliphatic hydroxyl groups excluding tert-OH is 1. The summed E-state index contributed by atoms with van der Waals surface area (Å²) in [5, 5.41) is 8.77. The molecule has 0 aromatic rings. The van der Waals surface area contributed by atoms with Gasteiger partial charge in [0.05, 0.1) is 59.4 Å². The highest BCUT2D eigenvalue weighted by molar-refractivity contribution is 5.71. The van der Waals surface area contributed by atoms with Crippen LogP contribution in [0.25, 0.3) is 0 Å². The van der Waals surface area contributed by atoms with E-state index in [9.17, 15) is 9.59 Å². The maximum atomic E-state index is 12.3. The van der Waals surface area contributed by atoms with Crippen molar-refractivity contribution in [3.8, 4) is 0 Å². The highest BCUT2D eigenvalue weighted by Gasteiger charge is 2.21. The summed E-state index contributed by atoms with van der Waals surface area (Å²) in [6.45, 7) is 14.0. The van der Waals surface area contributed by atoms with Gasteiger partial charge in [-0.1, -0.05) is 6.92 Å². The first-order valence-electron chi connectivity index (χ1n) is 10.9. The molecule has 0 unspecified atom stereocenters. The standard InChI is InChI=1S/C21H42N2O8/c1-6-22(18-19(25)30-7-2)8-12-28-16-17-29-14-10-23(9-13-27-15-11-24)20(26)31-21(3,4)5/h24H,6-18H2,1-5H3. The molecule has 31 heavy (non-hydrogen) atoms. The van der Waals surface area contributed by atoms with Gasteiger partial charge in [-0.3, -0.25) is 9.69 Å². The molecule has 0 atom stereocenters. The fourth-order valence-electron chi connectivity index (χ4n) is 2.39. The minimum atomic E-state index is -0.588. The Morgan fingerprint density at radius 2 is 1.39 bits per heavy atom. The molecule has 0 fully saturated rings. The van der Waals surface area contributed by atoms with Crippen LogP contribution in [0.15, 0.2) is 0 Å². The molecule has 0 heterocycles. The SMILES string of the molecule is CCOC(=O)CN(CC)CCOCCOCCN(CCOCCO)C(=O)OC(C)(C)C. The van der Waals surface area contributed by atoms with E-state index in [1.165, 1.54) is 4.90 Å². The molecular formula is C21H42N2O8. The van der Waals surface area contributed by atoms with E-state index >= 15 is 0 Å². The van der Waals surface area contributed by atoms with Crippen LogP contribution in [0, 0.1) is 0 Å². The zero-order valence-corrected chi connectivity index (χ0v) is 19.9. The van der Waals surface area contributed by atoms with Gasteiger partial charge >= 0.3 is 12.1 Å². The number of hydrogen-bond acceptors (Lipinski definition) is 9. The zero-order chi connectivity index (χ0) is 23.5. The lowest BCUT2D eigenvalue weighted by atomic mass is 10.2. The second kappa shape index (κ2) is 18.1. The Bertz CT molecular complexity index is 471. The summed E-state index contributed by atoms with van der Waals surface area (Å²) in [5.74, 6) is -0.232. The largest absolute Gasteiger partial charge is 0.465 e. The topological polar surface area (TPSA) is 107 Å². The lowest BCUT2D eigenvalue weighted by molar-refractivity contribution is -0.144. The van der Waals surface area contributed by atoms with Crippen LogP contribution < -0.4 is 0 Å². The van der Waals surface area contributed by atoms with Crippen LogP contribution >= 0.6 is 0 Å². The van der Waals surface area contributed by atoms with E-state index in [4.69, 9.17) is 28.8 Å². The molecule has 0 saturated heterocycles. The van der Waals surface area contributed by atoms with Crippen molar-refractivity contribution in [2.75, 3.05) is 85.6 Å². The molecule has 184 valence electrons. The number of esters is 1. The van der Waals surface area contributed by atoms with Crippen LogP contribution in [0.5, 0.6) is 0 Å². The molecule has 1 amide bonds. The van der Waals surface area contributed by atoms with Crippen molar-refractivity contribution in [1.29, 1.82) is 0 Å². The van der Waals surface area contributed by atoms with E-state index in [0.29, 0.717) is 59.3 Å². The van der Waals surface area contributed by atoms with Gasteiger partial charge in [0.25, 0.3) is 0 Å². The Labute approximate surface area is 186 Å². The highest BCUT2D eigenvalue weighted by Crippen LogP contribution is 2.09. The Morgan fingerprint density at radius 3 is 1.87 bits per heavy atom. The van der Waals surface area contributed by atoms with Gasteiger partial charge in [0.15, 0.2) is 0 Å². The molecule has 0 aliphatic carbocycles. The number of hydrogen-bond donors (Lipinski definition) is 1. The number of nitrogens with zero attached hydrogens (tertiary/aromatic N) is 2. The summed E-state index contributed by atoms with van der Waals surface area (Å²) in [6.07, 6.45) is -0.429. The first kappa shape index (κ1) is 29.5. The number of ether oxygens (including phenoxy) is 5. The second-order valence-electron chi connectivity index (χ2n) is 7.70. The van der Waals surface area contributed by atoms with Gasteiger partial charge in [-0.05, 0) is 34.2 Å². The average molecular weight is 451 g/mol. The molecule has 0 rings (SSSR count). The number of carbonyl (C=O) groups is 2. The van der Waals surface area contributed by atoms with Gasteiger partial charge in [-0.25, -0.2) is 4.79 Å². The van der Waals surface area contributed by atoms with E-state index in [1.807, 2.05) is 32.6 Å². The molecule has 0 spiro atoms. The van der Waals surface area contributed by atoms with Crippen LogP contribution in [0.1, 0.15) is 34.6 Å². The Hall–Kier alpha value is -1.46. The third-order valence-corrected chi connectivity index (χ3v) is 3.93. The fraction of sp³-hybridized carbons (Fsp3) is 0.905. The van der Waals surface area contributed by atoms with Gasteiger partial charge < -0.3 is 33.7 Å².